The van der Waals surface area contributed by atoms with E-state index in [4.69, 9.17) is 9.15 Å². The Balaban J connectivity index is 1.62. The van der Waals surface area contributed by atoms with Crippen molar-refractivity contribution in [2.24, 2.45) is 0 Å². The van der Waals surface area contributed by atoms with E-state index in [1.165, 1.54) is 18.2 Å². The van der Waals surface area contributed by atoms with Gasteiger partial charge in [0.2, 0.25) is 15.9 Å². The van der Waals surface area contributed by atoms with Gasteiger partial charge in [0.05, 0.1) is 17.9 Å². The second kappa shape index (κ2) is 7.67. The van der Waals surface area contributed by atoms with E-state index in [0.717, 1.165) is 11.8 Å². The van der Waals surface area contributed by atoms with Crippen LogP contribution in [0.2, 0.25) is 0 Å². The molecule has 2 aromatic carbocycles. The number of nitrogens with zero attached hydrogens (tertiary/aromatic N) is 1. The van der Waals surface area contributed by atoms with E-state index in [2.05, 4.69) is 9.71 Å². The Bertz CT molecular complexity index is 1290. The Morgan fingerprint density at radius 3 is 2.81 bits per heavy atom. The molecule has 4 bridgehead atoms. The van der Waals surface area contributed by atoms with Crippen molar-refractivity contribution in [1.82, 2.24) is 9.71 Å². The number of nitrogens with one attached hydrogen (secondary N) is 1. The van der Waals surface area contributed by atoms with Crippen LogP contribution in [0.4, 0.5) is 8.78 Å². The molecular weight excluding hydrogens is 438 g/mol. The summed E-state index contributed by atoms with van der Waals surface area (Å²) in [6.07, 6.45) is 4.94. The highest BCUT2D eigenvalue weighted by atomic mass is 32.2. The summed E-state index contributed by atoms with van der Waals surface area (Å²) < 4.78 is 67.3. The van der Waals surface area contributed by atoms with E-state index < -0.39 is 27.1 Å². The molecule has 1 aromatic heterocycles. The zero-order valence-corrected chi connectivity index (χ0v) is 18.2. The number of aromatic nitrogens is 1. The SMILES string of the molecule is CS(=O)(=O)N[C@H]1CC[C@@]2(Cc3ccc(F)c(c3)-c3cccc(F)c3OCc3cnc2o3)C1. The van der Waals surface area contributed by atoms with Crippen LogP contribution in [-0.4, -0.2) is 25.7 Å². The van der Waals surface area contributed by atoms with Crippen LogP contribution >= 0.6 is 0 Å². The minimum absolute atomic E-state index is 0.0462. The molecule has 1 fully saturated rings. The predicted octanol–water partition coefficient (Wildman–Crippen LogP) is 4.09. The van der Waals surface area contributed by atoms with Gasteiger partial charge in [-0.2, -0.15) is 0 Å². The summed E-state index contributed by atoms with van der Waals surface area (Å²) in [6.45, 7) is -0.0661. The third-order valence-electron chi connectivity index (χ3n) is 6.19. The third kappa shape index (κ3) is 3.91. The highest BCUT2D eigenvalue weighted by Crippen LogP contribution is 2.45. The topological polar surface area (TPSA) is 81.4 Å². The van der Waals surface area contributed by atoms with Gasteiger partial charge in [0.25, 0.3) is 0 Å². The second-order valence-corrected chi connectivity index (χ2v) is 10.4. The molecule has 2 heterocycles. The first-order valence-electron chi connectivity index (χ1n) is 10.4. The maximum Gasteiger partial charge on any atom is 0.208 e. The fourth-order valence-electron chi connectivity index (χ4n) is 4.87. The normalized spacial score (nSPS) is 22.7. The van der Waals surface area contributed by atoms with Gasteiger partial charge in [-0.3, -0.25) is 0 Å². The summed E-state index contributed by atoms with van der Waals surface area (Å²) in [4.78, 5) is 4.47. The predicted molar refractivity (Wildman–Crippen MR) is 114 cm³/mol. The Morgan fingerprint density at radius 1 is 1.16 bits per heavy atom. The summed E-state index contributed by atoms with van der Waals surface area (Å²) in [5.74, 6) is -0.220. The molecule has 0 unspecified atom stereocenters. The fraction of sp³-hybridized carbons (Fsp3) is 0.348. The largest absolute Gasteiger partial charge is 0.482 e. The highest BCUT2D eigenvalue weighted by Gasteiger charge is 2.45. The minimum atomic E-state index is -3.36. The van der Waals surface area contributed by atoms with Crippen molar-refractivity contribution in [3.63, 3.8) is 0 Å². The summed E-state index contributed by atoms with van der Waals surface area (Å²) in [7, 11) is -3.36. The molecule has 2 atom stereocenters. The summed E-state index contributed by atoms with van der Waals surface area (Å²) in [5.41, 5.74) is 0.832. The van der Waals surface area contributed by atoms with Gasteiger partial charge in [-0.05, 0) is 49.4 Å². The second-order valence-electron chi connectivity index (χ2n) is 8.64. The first-order valence-corrected chi connectivity index (χ1v) is 12.2. The summed E-state index contributed by atoms with van der Waals surface area (Å²) in [6, 6.07) is 8.90. The molecule has 1 aliphatic heterocycles. The number of ether oxygens (including phenoxy) is 1. The van der Waals surface area contributed by atoms with Gasteiger partial charge in [-0.15, -0.1) is 0 Å². The molecule has 3 aromatic rings. The number of hydrogen-bond donors (Lipinski definition) is 1. The molecule has 1 N–H and O–H groups in total. The van der Waals surface area contributed by atoms with Crippen LogP contribution in [0.15, 0.2) is 47.0 Å². The Labute approximate surface area is 184 Å². The lowest BCUT2D eigenvalue weighted by molar-refractivity contribution is 0.239. The highest BCUT2D eigenvalue weighted by molar-refractivity contribution is 7.88. The maximum atomic E-state index is 14.8. The van der Waals surface area contributed by atoms with Crippen molar-refractivity contribution in [3.05, 3.63) is 71.4 Å². The minimum Gasteiger partial charge on any atom is -0.482 e. The molecular formula is C23H22F2N2O4S. The Hall–Kier alpha value is -2.78. The molecule has 1 aliphatic carbocycles. The fourth-order valence-corrected chi connectivity index (χ4v) is 5.68. The lowest BCUT2D eigenvalue weighted by Crippen LogP contribution is -2.35. The van der Waals surface area contributed by atoms with Crippen LogP contribution in [0, 0.1) is 11.6 Å². The Morgan fingerprint density at radius 2 is 2.00 bits per heavy atom. The molecule has 1 spiro atoms. The number of para-hydroxylation sites is 1. The van der Waals surface area contributed by atoms with Crippen molar-refractivity contribution >= 4 is 10.0 Å². The molecule has 32 heavy (non-hydrogen) atoms. The van der Waals surface area contributed by atoms with Crippen LogP contribution in [0.5, 0.6) is 5.75 Å². The average Bonchev–Trinajstić information content (AvgIpc) is 3.35. The zero-order chi connectivity index (χ0) is 22.5. The smallest absolute Gasteiger partial charge is 0.208 e. The molecule has 0 saturated heterocycles. The maximum absolute atomic E-state index is 14.8. The van der Waals surface area contributed by atoms with Crippen molar-refractivity contribution in [2.45, 2.75) is 43.7 Å². The first-order chi connectivity index (χ1) is 15.2. The van der Waals surface area contributed by atoms with Gasteiger partial charge in [0, 0.05) is 17.2 Å². The third-order valence-corrected chi connectivity index (χ3v) is 6.95. The first kappa shape index (κ1) is 21.1. The van der Waals surface area contributed by atoms with Crippen LogP contribution in [0.25, 0.3) is 11.1 Å². The molecule has 6 nitrogen and oxygen atoms in total. The van der Waals surface area contributed by atoms with Crippen molar-refractivity contribution in [1.29, 1.82) is 0 Å². The summed E-state index contributed by atoms with van der Waals surface area (Å²) >= 11 is 0. The van der Waals surface area contributed by atoms with E-state index in [1.54, 1.807) is 24.4 Å². The molecule has 5 rings (SSSR count). The number of fused-ring (bicyclic) bond motifs is 7. The van der Waals surface area contributed by atoms with Gasteiger partial charge in [0.15, 0.2) is 17.3 Å². The number of rotatable bonds is 2. The molecule has 0 radical (unpaired) electrons. The van der Waals surface area contributed by atoms with Crippen molar-refractivity contribution < 1.29 is 26.4 Å². The Kier molecular flexibility index (Phi) is 5.05. The number of hydrogen-bond acceptors (Lipinski definition) is 5. The quantitative estimate of drug-likeness (QED) is 0.623. The number of benzene rings is 2. The van der Waals surface area contributed by atoms with Crippen LogP contribution < -0.4 is 9.46 Å². The number of halogens is 2. The van der Waals surface area contributed by atoms with Crippen LogP contribution in [0.3, 0.4) is 0 Å². The average molecular weight is 461 g/mol. The van der Waals surface area contributed by atoms with Crippen LogP contribution in [-0.2, 0) is 28.5 Å². The van der Waals surface area contributed by atoms with E-state index in [1.807, 2.05) is 0 Å². The van der Waals surface area contributed by atoms with Gasteiger partial charge >= 0.3 is 0 Å². The monoisotopic (exact) mass is 460 g/mol. The standard InChI is InChI=1S/C23H22F2N2O4S/c1-32(28,29)27-15-7-8-23(11-15)10-14-5-6-19(24)18(9-14)17-3-2-4-20(25)21(17)30-13-16-12-26-22(23)31-16/h2-6,9,12,15,27H,7-8,10-11,13H2,1H3/t15-,23+/m0/s1. The van der Waals surface area contributed by atoms with Gasteiger partial charge in [-0.25, -0.2) is 26.9 Å². The van der Waals surface area contributed by atoms with E-state index in [0.29, 0.717) is 42.9 Å². The molecule has 1 saturated carbocycles. The molecule has 168 valence electrons. The van der Waals surface area contributed by atoms with E-state index >= 15 is 0 Å². The van der Waals surface area contributed by atoms with E-state index in [-0.39, 0.29) is 24.0 Å². The van der Waals surface area contributed by atoms with Gasteiger partial charge in [-0.1, -0.05) is 18.2 Å². The number of oxazole rings is 1. The molecule has 0 amide bonds. The molecule has 2 aliphatic rings. The number of sulfonamides is 1. The van der Waals surface area contributed by atoms with Gasteiger partial charge < -0.3 is 9.15 Å². The molecule has 9 heteroatoms. The zero-order valence-electron chi connectivity index (χ0n) is 17.4. The van der Waals surface area contributed by atoms with Crippen molar-refractivity contribution in [3.8, 4) is 16.9 Å². The van der Waals surface area contributed by atoms with Crippen molar-refractivity contribution in [2.75, 3.05) is 6.26 Å². The summed E-state index contributed by atoms with van der Waals surface area (Å²) in [5, 5.41) is 0. The lowest BCUT2D eigenvalue weighted by atomic mass is 9.79. The lowest BCUT2D eigenvalue weighted by Gasteiger charge is -2.27. The van der Waals surface area contributed by atoms with E-state index in [9.17, 15) is 17.2 Å². The van der Waals surface area contributed by atoms with Crippen LogP contribution in [0.1, 0.15) is 36.5 Å². The van der Waals surface area contributed by atoms with Gasteiger partial charge in [0.1, 0.15) is 12.4 Å².